The molecule has 1 fully saturated rings. The molecule has 1 amide bonds. The van der Waals surface area contributed by atoms with Crippen LogP contribution >= 0.6 is 35.0 Å². The third kappa shape index (κ3) is 3.93. The molecule has 1 saturated heterocycles. The molecule has 0 saturated carbocycles. The molecule has 2 aromatic rings. The summed E-state index contributed by atoms with van der Waals surface area (Å²) in [6, 6.07) is 12.4. The van der Waals surface area contributed by atoms with Gasteiger partial charge in [0.2, 0.25) is 0 Å². The van der Waals surface area contributed by atoms with E-state index in [9.17, 15) is 4.79 Å². The fourth-order valence-electron chi connectivity index (χ4n) is 2.01. The molecule has 4 nitrogen and oxygen atoms in total. The molecule has 7 heteroatoms. The molecule has 2 aromatic carbocycles. The van der Waals surface area contributed by atoms with Gasteiger partial charge in [0.05, 0.1) is 22.7 Å². The maximum atomic E-state index is 12.1. The van der Waals surface area contributed by atoms with Crippen molar-refractivity contribution in [3.63, 3.8) is 0 Å². The minimum atomic E-state index is -0.195. The largest absolute Gasteiger partial charge is 0.497 e. The van der Waals surface area contributed by atoms with E-state index in [-0.39, 0.29) is 5.91 Å². The highest BCUT2D eigenvalue weighted by molar-refractivity contribution is 8.18. The van der Waals surface area contributed by atoms with Crippen molar-refractivity contribution in [3.05, 3.63) is 63.0 Å². The Labute approximate surface area is 153 Å². The first-order valence-corrected chi connectivity index (χ1v) is 8.51. The zero-order valence-corrected chi connectivity index (χ0v) is 14.9. The van der Waals surface area contributed by atoms with Gasteiger partial charge in [-0.25, -0.2) is 4.99 Å². The Morgan fingerprint density at radius 3 is 2.58 bits per heavy atom. The van der Waals surface area contributed by atoms with Gasteiger partial charge < -0.3 is 10.1 Å². The van der Waals surface area contributed by atoms with Gasteiger partial charge in [-0.05, 0) is 53.7 Å². The Kier molecular flexibility index (Phi) is 5.14. The number of halogens is 2. The van der Waals surface area contributed by atoms with Crippen molar-refractivity contribution in [2.24, 2.45) is 4.99 Å². The molecule has 1 aliphatic rings. The number of hydrogen-bond acceptors (Lipinski definition) is 4. The summed E-state index contributed by atoms with van der Waals surface area (Å²) in [5, 5.41) is 4.16. The highest BCUT2D eigenvalue weighted by atomic mass is 35.5. The summed E-state index contributed by atoms with van der Waals surface area (Å²) in [6.07, 6.45) is 1.80. The normalized spacial score (nSPS) is 17.4. The first-order chi connectivity index (χ1) is 11.5. The monoisotopic (exact) mass is 378 g/mol. The van der Waals surface area contributed by atoms with Gasteiger partial charge in [-0.2, -0.15) is 0 Å². The smallest absolute Gasteiger partial charge is 0.264 e. The molecular formula is C17H12Cl2N2O2S. The number of benzene rings is 2. The van der Waals surface area contributed by atoms with Gasteiger partial charge in [-0.3, -0.25) is 4.79 Å². The molecule has 0 aliphatic carbocycles. The Morgan fingerprint density at radius 2 is 1.92 bits per heavy atom. The Morgan fingerprint density at radius 1 is 1.17 bits per heavy atom. The standard InChI is InChI=1S/C17H12Cl2N2O2S/c1-23-12-5-2-10(3-6-12)8-15-16(22)21-17(24-15)20-14-7-4-11(18)9-13(14)19/h2-9H,1H3,(H,20,21,22). The van der Waals surface area contributed by atoms with Gasteiger partial charge in [0.15, 0.2) is 5.17 Å². The number of carbonyl (C=O) groups excluding carboxylic acids is 1. The van der Waals surface area contributed by atoms with Crippen LogP contribution in [0.15, 0.2) is 52.4 Å². The van der Waals surface area contributed by atoms with Crippen LogP contribution in [0.4, 0.5) is 5.69 Å². The Balaban J connectivity index is 1.82. The molecule has 1 heterocycles. The van der Waals surface area contributed by atoms with Crippen molar-refractivity contribution >= 4 is 57.8 Å². The van der Waals surface area contributed by atoms with E-state index in [1.807, 2.05) is 24.3 Å². The van der Waals surface area contributed by atoms with Crippen LogP contribution in [0.2, 0.25) is 10.0 Å². The van der Waals surface area contributed by atoms with E-state index in [2.05, 4.69) is 10.3 Å². The SMILES string of the molecule is COc1ccc(C=C2SC(=Nc3ccc(Cl)cc3Cl)NC2=O)cc1. The van der Waals surface area contributed by atoms with Crippen LogP contribution < -0.4 is 10.1 Å². The topological polar surface area (TPSA) is 50.7 Å². The van der Waals surface area contributed by atoms with E-state index in [0.29, 0.717) is 25.8 Å². The first-order valence-electron chi connectivity index (χ1n) is 6.94. The summed E-state index contributed by atoms with van der Waals surface area (Å²) in [5.74, 6) is 0.569. The van der Waals surface area contributed by atoms with Crippen molar-refractivity contribution in [2.45, 2.75) is 0 Å². The first kappa shape index (κ1) is 16.9. The molecule has 0 aromatic heterocycles. The molecule has 122 valence electrons. The van der Waals surface area contributed by atoms with Crippen molar-refractivity contribution in [3.8, 4) is 5.75 Å². The summed E-state index contributed by atoms with van der Waals surface area (Å²) in [6.45, 7) is 0. The fraction of sp³-hybridized carbons (Fsp3) is 0.0588. The van der Waals surface area contributed by atoms with E-state index in [0.717, 1.165) is 11.3 Å². The van der Waals surface area contributed by atoms with Crippen molar-refractivity contribution in [1.82, 2.24) is 5.32 Å². The third-order valence-electron chi connectivity index (χ3n) is 3.20. The van der Waals surface area contributed by atoms with Crippen LogP contribution in [0.25, 0.3) is 6.08 Å². The van der Waals surface area contributed by atoms with E-state index >= 15 is 0 Å². The number of rotatable bonds is 3. The van der Waals surface area contributed by atoms with Gasteiger partial charge >= 0.3 is 0 Å². The second-order valence-corrected chi connectivity index (χ2v) is 6.72. The number of aliphatic imine (C=N–C) groups is 1. The van der Waals surface area contributed by atoms with Crippen LogP contribution in [-0.2, 0) is 4.79 Å². The number of nitrogens with zero attached hydrogens (tertiary/aromatic N) is 1. The van der Waals surface area contributed by atoms with Gasteiger partial charge in [-0.15, -0.1) is 0 Å². The van der Waals surface area contributed by atoms with Crippen molar-refractivity contribution in [2.75, 3.05) is 7.11 Å². The number of ether oxygens (including phenoxy) is 1. The third-order valence-corrected chi connectivity index (χ3v) is 4.64. The highest BCUT2D eigenvalue weighted by Crippen LogP contribution is 2.32. The predicted molar refractivity (Wildman–Crippen MR) is 100 cm³/mol. The minimum absolute atomic E-state index is 0.195. The lowest BCUT2D eigenvalue weighted by molar-refractivity contribution is -0.115. The quantitative estimate of drug-likeness (QED) is 0.773. The van der Waals surface area contributed by atoms with E-state index in [4.69, 9.17) is 27.9 Å². The Bertz CT molecular complexity index is 848. The number of thioether (sulfide) groups is 1. The van der Waals surface area contributed by atoms with Crippen LogP contribution in [-0.4, -0.2) is 18.2 Å². The second kappa shape index (κ2) is 7.30. The van der Waals surface area contributed by atoms with E-state index in [1.165, 1.54) is 11.8 Å². The Hall–Kier alpha value is -1.95. The molecule has 0 bridgehead atoms. The summed E-state index contributed by atoms with van der Waals surface area (Å²) in [7, 11) is 1.61. The van der Waals surface area contributed by atoms with Crippen LogP contribution in [0.1, 0.15) is 5.56 Å². The molecule has 1 N–H and O–H groups in total. The molecule has 0 unspecified atom stereocenters. The predicted octanol–water partition coefficient (Wildman–Crippen LogP) is 4.89. The van der Waals surface area contributed by atoms with Crippen LogP contribution in [0.3, 0.4) is 0 Å². The number of carbonyl (C=O) groups is 1. The van der Waals surface area contributed by atoms with Gasteiger partial charge in [-0.1, -0.05) is 35.3 Å². The number of amidine groups is 1. The van der Waals surface area contributed by atoms with Crippen LogP contribution in [0.5, 0.6) is 5.75 Å². The van der Waals surface area contributed by atoms with Gasteiger partial charge in [0.1, 0.15) is 5.75 Å². The van der Waals surface area contributed by atoms with E-state index in [1.54, 1.807) is 31.4 Å². The zero-order chi connectivity index (χ0) is 17.1. The summed E-state index contributed by atoms with van der Waals surface area (Å²) in [5.41, 5.74) is 1.45. The molecule has 0 spiro atoms. The second-order valence-electron chi connectivity index (χ2n) is 4.85. The molecule has 24 heavy (non-hydrogen) atoms. The number of methoxy groups -OCH3 is 1. The zero-order valence-electron chi connectivity index (χ0n) is 12.5. The summed E-state index contributed by atoms with van der Waals surface area (Å²) in [4.78, 5) is 17.0. The number of nitrogens with one attached hydrogen (secondary N) is 1. The molecule has 3 rings (SSSR count). The average Bonchev–Trinajstić information content (AvgIpc) is 2.90. The molecule has 1 aliphatic heterocycles. The fourth-order valence-corrected chi connectivity index (χ4v) is 3.30. The lowest BCUT2D eigenvalue weighted by atomic mass is 10.2. The molecule has 0 radical (unpaired) electrons. The lowest BCUT2D eigenvalue weighted by Gasteiger charge is -2.00. The van der Waals surface area contributed by atoms with E-state index < -0.39 is 0 Å². The van der Waals surface area contributed by atoms with Gasteiger partial charge in [0.25, 0.3) is 5.91 Å². The summed E-state index contributed by atoms with van der Waals surface area (Å²) < 4.78 is 5.12. The number of hydrogen-bond donors (Lipinski definition) is 1. The van der Waals surface area contributed by atoms with Crippen molar-refractivity contribution in [1.29, 1.82) is 0 Å². The van der Waals surface area contributed by atoms with Crippen molar-refractivity contribution < 1.29 is 9.53 Å². The lowest BCUT2D eigenvalue weighted by Crippen LogP contribution is -2.19. The minimum Gasteiger partial charge on any atom is -0.497 e. The highest BCUT2D eigenvalue weighted by Gasteiger charge is 2.24. The maximum Gasteiger partial charge on any atom is 0.264 e. The van der Waals surface area contributed by atoms with Gasteiger partial charge in [0, 0.05) is 5.02 Å². The molecular weight excluding hydrogens is 367 g/mol. The maximum absolute atomic E-state index is 12.1. The van der Waals surface area contributed by atoms with Crippen LogP contribution in [0, 0.1) is 0 Å². The average molecular weight is 379 g/mol. The summed E-state index contributed by atoms with van der Waals surface area (Å²) >= 11 is 13.2. The molecule has 0 atom stereocenters. The number of amides is 1.